The summed E-state index contributed by atoms with van der Waals surface area (Å²) in [5.41, 5.74) is 0.391. The predicted octanol–water partition coefficient (Wildman–Crippen LogP) is 1.52. The van der Waals surface area contributed by atoms with E-state index in [2.05, 4.69) is 6.58 Å². The maximum atomic E-state index is 11.2. The number of ether oxygens (including phenoxy) is 1. The first kappa shape index (κ1) is 18.6. The Kier molecular flexibility index (Phi) is 8.87. The van der Waals surface area contributed by atoms with Crippen LogP contribution >= 0.6 is 0 Å². The molecule has 0 aliphatic rings. The van der Waals surface area contributed by atoms with E-state index < -0.39 is 15.9 Å². The van der Waals surface area contributed by atoms with Crippen molar-refractivity contribution in [3.05, 3.63) is 12.2 Å². The van der Waals surface area contributed by atoms with Crippen molar-refractivity contribution in [2.75, 3.05) is 12.9 Å². The van der Waals surface area contributed by atoms with Crippen molar-refractivity contribution in [3.8, 4) is 0 Å². The van der Waals surface area contributed by atoms with Crippen LogP contribution in [0.15, 0.2) is 12.2 Å². The van der Waals surface area contributed by atoms with Gasteiger partial charge in [0.2, 0.25) is 15.9 Å². The fourth-order valence-electron chi connectivity index (χ4n) is 1.46. The Labute approximate surface area is 120 Å². The van der Waals surface area contributed by atoms with Crippen molar-refractivity contribution < 1.29 is 22.7 Å². The van der Waals surface area contributed by atoms with Crippen LogP contribution in [0.3, 0.4) is 0 Å². The van der Waals surface area contributed by atoms with E-state index in [4.69, 9.17) is 4.74 Å². The highest BCUT2D eigenvalue weighted by molar-refractivity contribution is 7.89. The molecule has 0 rings (SSSR count). The molecule has 20 heavy (non-hydrogen) atoms. The molecule has 0 atom stereocenters. The van der Waals surface area contributed by atoms with Crippen molar-refractivity contribution >= 4 is 21.9 Å². The molecule has 0 radical (unpaired) electrons. The minimum atomic E-state index is -3.45. The van der Waals surface area contributed by atoms with Gasteiger partial charge in [-0.05, 0) is 19.8 Å². The molecule has 0 spiro atoms. The van der Waals surface area contributed by atoms with Crippen molar-refractivity contribution in [2.45, 2.75) is 45.4 Å². The predicted molar refractivity (Wildman–Crippen MR) is 76.5 cm³/mol. The zero-order valence-electron chi connectivity index (χ0n) is 12.1. The van der Waals surface area contributed by atoms with Gasteiger partial charge in [-0.25, -0.2) is 13.2 Å². The van der Waals surface area contributed by atoms with Crippen molar-refractivity contribution in [1.29, 1.82) is 0 Å². The molecule has 7 heteroatoms. The number of esters is 1. The lowest BCUT2D eigenvalue weighted by Crippen LogP contribution is -2.28. The fourth-order valence-corrected chi connectivity index (χ4v) is 1.98. The summed E-state index contributed by atoms with van der Waals surface area (Å²) in [4.78, 5) is 22.2. The van der Waals surface area contributed by atoms with Gasteiger partial charge in [0.1, 0.15) is 0 Å². The lowest BCUT2D eigenvalue weighted by atomic mass is 10.1. The van der Waals surface area contributed by atoms with E-state index in [0.717, 1.165) is 31.9 Å². The zero-order chi connectivity index (χ0) is 15.6. The Bertz CT molecular complexity index is 442. The van der Waals surface area contributed by atoms with Crippen LogP contribution in [0.5, 0.6) is 0 Å². The third-order valence-corrected chi connectivity index (χ3v) is 3.03. The number of sulfonamides is 1. The van der Waals surface area contributed by atoms with Gasteiger partial charge in [-0.1, -0.05) is 25.8 Å². The van der Waals surface area contributed by atoms with Crippen LogP contribution in [0.25, 0.3) is 0 Å². The number of carbonyl (C=O) groups excluding carboxylic acids is 2. The van der Waals surface area contributed by atoms with Crippen LogP contribution in [0.4, 0.5) is 0 Å². The molecular formula is C13H23NO5S. The minimum Gasteiger partial charge on any atom is -0.462 e. The number of carbonyl (C=O) groups is 2. The molecule has 0 bridgehead atoms. The van der Waals surface area contributed by atoms with Gasteiger partial charge in [0.05, 0.1) is 12.9 Å². The molecule has 0 aliphatic carbocycles. The summed E-state index contributed by atoms with van der Waals surface area (Å²) >= 11 is 0. The van der Waals surface area contributed by atoms with Gasteiger partial charge in [-0.15, -0.1) is 0 Å². The number of nitrogens with one attached hydrogen (secondary N) is 1. The molecule has 6 nitrogen and oxygen atoms in total. The first-order valence-electron chi connectivity index (χ1n) is 6.55. The summed E-state index contributed by atoms with van der Waals surface area (Å²) in [5.74, 6) is -0.842. The number of hydrogen-bond donors (Lipinski definition) is 1. The molecule has 0 saturated heterocycles. The second kappa shape index (κ2) is 9.52. The monoisotopic (exact) mass is 305 g/mol. The summed E-state index contributed by atoms with van der Waals surface area (Å²) in [7, 11) is -3.45. The normalized spacial score (nSPS) is 10.9. The third kappa shape index (κ3) is 11.7. The van der Waals surface area contributed by atoms with Crippen molar-refractivity contribution in [1.82, 2.24) is 4.72 Å². The first-order chi connectivity index (χ1) is 9.22. The van der Waals surface area contributed by atoms with Crippen LogP contribution < -0.4 is 4.72 Å². The quantitative estimate of drug-likeness (QED) is 0.375. The lowest BCUT2D eigenvalue weighted by molar-refractivity contribution is -0.139. The average molecular weight is 305 g/mol. The SMILES string of the molecule is C=C(C)C(=O)OCCCCCCCC(=O)NS(C)(=O)=O. The van der Waals surface area contributed by atoms with Crippen molar-refractivity contribution in [3.63, 3.8) is 0 Å². The van der Waals surface area contributed by atoms with Crippen LogP contribution in [0.2, 0.25) is 0 Å². The van der Waals surface area contributed by atoms with Crippen LogP contribution in [0, 0.1) is 0 Å². The van der Waals surface area contributed by atoms with Gasteiger partial charge >= 0.3 is 5.97 Å². The van der Waals surface area contributed by atoms with Gasteiger partial charge < -0.3 is 4.74 Å². The molecule has 0 fully saturated rings. The molecule has 0 aromatic rings. The summed E-state index contributed by atoms with van der Waals surface area (Å²) in [6.45, 7) is 5.46. The first-order valence-corrected chi connectivity index (χ1v) is 8.45. The molecule has 1 amide bonds. The Morgan fingerprint density at radius 3 is 2.20 bits per heavy atom. The maximum Gasteiger partial charge on any atom is 0.333 e. The summed E-state index contributed by atoms with van der Waals surface area (Å²) in [6, 6.07) is 0. The Morgan fingerprint density at radius 1 is 1.10 bits per heavy atom. The molecule has 0 aliphatic heterocycles. The topological polar surface area (TPSA) is 89.5 Å². The minimum absolute atomic E-state index is 0.206. The number of rotatable bonds is 10. The molecule has 116 valence electrons. The molecule has 1 N–H and O–H groups in total. The summed E-state index contributed by atoms with van der Waals surface area (Å²) in [5, 5.41) is 0. The highest BCUT2D eigenvalue weighted by Crippen LogP contribution is 2.06. The standard InChI is InChI=1S/C13H23NO5S/c1-11(2)13(16)19-10-8-6-4-5-7-9-12(15)14-20(3,17)18/h1,4-10H2,2-3H3,(H,14,15). The van der Waals surface area contributed by atoms with Gasteiger partial charge in [0.25, 0.3) is 0 Å². The smallest absolute Gasteiger partial charge is 0.333 e. The molecule has 0 aromatic carbocycles. The molecule has 0 aromatic heterocycles. The summed E-state index contributed by atoms with van der Waals surface area (Å²) in [6.07, 6.45) is 5.23. The highest BCUT2D eigenvalue weighted by atomic mass is 32.2. The van der Waals surface area contributed by atoms with Crippen LogP contribution in [-0.2, 0) is 24.3 Å². The molecule has 0 heterocycles. The van der Waals surface area contributed by atoms with E-state index in [1.54, 1.807) is 6.92 Å². The van der Waals surface area contributed by atoms with Gasteiger partial charge in [0, 0.05) is 12.0 Å². The van der Waals surface area contributed by atoms with Crippen LogP contribution in [0.1, 0.15) is 45.4 Å². The Balaban J connectivity index is 3.44. The average Bonchev–Trinajstić information content (AvgIpc) is 2.29. The van der Waals surface area contributed by atoms with E-state index >= 15 is 0 Å². The van der Waals surface area contributed by atoms with E-state index in [-0.39, 0.29) is 12.4 Å². The van der Waals surface area contributed by atoms with Crippen LogP contribution in [-0.4, -0.2) is 33.2 Å². The largest absolute Gasteiger partial charge is 0.462 e. The molecule has 0 unspecified atom stereocenters. The van der Waals surface area contributed by atoms with Gasteiger partial charge in [-0.3, -0.25) is 9.52 Å². The third-order valence-electron chi connectivity index (χ3n) is 2.43. The van der Waals surface area contributed by atoms with E-state index in [9.17, 15) is 18.0 Å². The zero-order valence-corrected chi connectivity index (χ0v) is 12.9. The summed E-state index contributed by atoms with van der Waals surface area (Å²) < 4.78 is 28.4. The highest BCUT2D eigenvalue weighted by Gasteiger charge is 2.07. The molecule has 0 saturated carbocycles. The maximum absolute atomic E-state index is 11.2. The van der Waals surface area contributed by atoms with E-state index in [1.165, 1.54) is 0 Å². The number of amides is 1. The van der Waals surface area contributed by atoms with Gasteiger partial charge in [-0.2, -0.15) is 0 Å². The Hall–Kier alpha value is -1.37. The van der Waals surface area contributed by atoms with E-state index in [1.807, 2.05) is 4.72 Å². The van der Waals surface area contributed by atoms with Crippen molar-refractivity contribution in [2.24, 2.45) is 0 Å². The van der Waals surface area contributed by atoms with Gasteiger partial charge in [0.15, 0.2) is 0 Å². The molecular weight excluding hydrogens is 282 g/mol. The fraction of sp³-hybridized carbons (Fsp3) is 0.692. The van der Waals surface area contributed by atoms with E-state index in [0.29, 0.717) is 18.6 Å². The number of hydrogen-bond acceptors (Lipinski definition) is 5. The Morgan fingerprint density at radius 2 is 1.65 bits per heavy atom. The number of unbranched alkanes of at least 4 members (excludes halogenated alkanes) is 4. The second-order valence-corrected chi connectivity index (χ2v) is 6.48. The second-order valence-electron chi connectivity index (χ2n) is 4.73. The lowest BCUT2D eigenvalue weighted by Gasteiger charge is -2.04.